The number of anilines is 2. The third kappa shape index (κ3) is 4.49. The largest absolute Gasteiger partial charge is 0.396 e. The number of nitrogens with two attached hydrogens (primary N) is 2. The van der Waals surface area contributed by atoms with E-state index >= 15 is 0 Å². The quantitative estimate of drug-likeness (QED) is 0.466. The van der Waals surface area contributed by atoms with E-state index in [0.717, 1.165) is 21.5 Å². The van der Waals surface area contributed by atoms with Crippen molar-refractivity contribution in [1.82, 2.24) is 9.97 Å². The van der Waals surface area contributed by atoms with Gasteiger partial charge in [0.1, 0.15) is 4.83 Å². The van der Waals surface area contributed by atoms with Crippen molar-refractivity contribution in [3.8, 4) is 11.3 Å². The molecule has 5 N–H and O–H groups in total. The van der Waals surface area contributed by atoms with Crippen molar-refractivity contribution in [3.05, 3.63) is 35.8 Å². The van der Waals surface area contributed by atoms with Gasteiger partial charge in [0.25, 0.3) is 0 Å². The standard InChI is InChI=1S/C13H13N5S.C5H8F2O/c1-18(15)12-10(14)6-9(7-16-12)11-3-2-8-4-5-19-13(8)17-11;6-5(7)3-1-4(8)2-3/h2-7H,14-15H2,1H3;3-5,8H,1-2H2. The lowest BCUT2D eigenvalue weighted by Crippen LogP contribution is -2.32. The average molecular weight is 393 g/mol. The molecule has 3 heterocycles. The topological polar surface area (TPSA) is 101 Å². The molecule has 144 valence electrons. The number of nitrogens with zero attached hydrogens (tertiary/aromatic N) is 3. The van der Waals surface area contributed by atoms with Crippen molar-refractivity contribution in [1.29, 1.82) is 0 Å². The SMILES string of the molecule is CN(N)c1ncc(-c2ccc3ccsc3n2)cc1N.OC1CC(C(F)F)C1. The molecule has 4 rings (SSSR count). The van der Waals surface area contributed by atoms with Gasteiger partial charge in [-0.1, -0.05) is 0 Å². The minimum Gasteiger partial charge on any atom is -0.396 e. The summed E-state index contributed by atoms with van der Waals surface area (Å²) in [6.07, 6.45) is -0.362. The monoisotopic (exact) mass is 393 g/mol. The van der Waals surface area contributed by atoms with Gasteiger partial charge in [-0.05, 0) is 42.5 Å². The van der Waals surface area contributed by atoms with Crippen LogP contribution in [0.25, 0.3) is 21.5 Å². The summed E-state index contributed by atoms with van der Waals surface area (Å²) < 4.78 is 23.1. The molecule has 0 amide bonds. The molecule has 0 atom stereocenters. The van der Waals surface area contributed by atoms with Crippen LogP contribution in [0.3, 0.4) is 0 Å². The van der Waals surface area contributed by atoms with Crippen LogP contribution in [0.1, 0.15) is 12.8 Å². The molecule has 9 heteroatoms. The minimum absolute atomic E-state index is 0.289. The van der Waals surface area contributed by atoms with Crippen LogP contribution in [0.15, 0.2) is 35.8 Å². The van der Waals surface area contributed by atoms with E-state index in [0.29, 0.717) is 11.5 Å². The lowest BCUT2D eigenvalue weighted by atomic mass is 9.83. The molecule has 0 aliphatic heterocycles. The number of hydrogen-bond acceptors (Lipinski definition) is 7. The van der Waals surface area contributed by atoms with Crippen LogP contribution in [0.2, 0.25) is 0 Å². The summed E-state index contributed by atoms with van der Waals surface area (Å²) in [4.78, 5) is 9.87. The van der Waals surface area contributed by atoms with E-state index in [2.05, 4.69) is 16.0 Å². The van der Waals surface area contributed by atoms with Crippen LogP contribution >= 0.6 is 11.3 Å². The number of nitrogen functional groups attached to an aromatic ring is 1. The van der Waals surface area contributed by atoms with Crippen LogP contribution in [0.5, 0.6) is 0 Å². The van der Waals surface area contributed by atoms with Crippen LogP contribution in [0.4, 0.5) is 20.3 Å². The maximum Gasteiger partial charge on any atom is 0.241 e. The highest BCUT2D eigenvalue weighted by atomic mass is 32.1. The molecule has 0 saturated heterocycles. The molecule has 0 aromatic carbocycles. The van der Waals surface area contributed by atoms with Gasteiger partial charge in [0.2, 0.25) is 6.43 Å². The molecule has 1 saturated carbocycles. The van der Waals surface area contributed by atoms with Gasteiger partial charge >= 0.3 is 0 Å². The average Bonchev–Trinajstić information content (AvgIpc) is 3.06. The van der Waals surface area contributed by atoms with Gasteiger partial charge in [-0.3, -0.25) is 5.01 Å². The van der Waals surface area contributed by atoms with Gasteiger partial charge in [0, 0.05) is 30.1 Å². The first kappa shape index (κ1) is 19.4. The summed E-state index contributed by atoms with van der Waals surface area (Å²) in [6.45, 7) is 0. The van der Waals surface area contributed by atoms with E-state index in [1.807, 2.05) is 23.6 Å². The molecule has 0 spiro atoms. The van der Waals surface area contributed by atoms with E-state index in [1.54, 1.807) is 24.6 Å². The number of aromatic nitrogens is 2. The van der Waals surface area contributed by atoms with Crippen molar-refractivity contribution in [2.45, 2.75) is 25.4 Å². The Bertz CT molecular complexity index is 912. The number of pyridine rings is 2. The third-order valence-corrected chi connectivity index (χ3v) is 5.17. The van der Waals surface area contributed by atoms with Gasteiger partial charge in [-0.15, -0.1) is 11.3 Å². The highest BCUT2D eigenvalue weighted by Crippen LogP contribution is 2.32. The van der Waals surface area contributed by atoms with E-state index < -0.39 is 18.4 Å². The molecule has 0 radical (unpaired) electrons. The molecular weight excluding hydrogens is 372 g/mol. The van der Waals surface area contributed by atoms with Gasteiger partial charge in [0.15, 0.2) is 5.82 Å². The Morgan fingerprint density at radius 3 is 2.59 bits per heavy atom. The molecular formula is C18H21F2N5OS. The van der Waals surface area contributed by atoms with E-state index in [4.69, 9.17) is 16.7 Å². The van der Waals surface area contributed by atoms with E-state index in [1.165, 1.54) is 5.01 Å². The predicted octanol–water partition coefficient (Wildman–Crippen LogP) is 3.27. The first-order valence-electron chi connectivity index (χ1n) is 8.40. The van der Waals surface area contributed by atoms with E-state index in [9.17, 15) is 8.78 Å². The minimum atomic E-state index is -2.22. The second kappa shape index (κ2) is 8.12. The summed E-state index contributed by atoms with van der Waals surface area (Å²) in [6, 6.07) is 7.91. The number of aliphatic hydroxyl groups is 1. The molecule has 0 bridgehead atoms. The zero-order valence-corrected chi connectivity index (χ0v) is 15.5. The molecule has 27 heavy (non-hydrogen) atoms. The molecule has 6 nitrogen and oxygen atoms in total. The summed E-state index contributed by atoms with van der Waals surface area (Å²) in [5, 5.41) is 13.1. The number of hydrogen-bond donors (Lipinski definition) is 3. The molecule has 1 fully saturated rings. The fraction of sp³-hybridized carbons (Fsp3) is 0.333. The van der Waals surface area contributed by atoms with Crippen LogP contribution in [-0.2, 0) is 0 Å². The van der Waals surface area contributed by atoms with Gasteiger partial charge in [-0.25, -0.2) is 24.6 Å². The van der Waals surface area contributed by atoms with Crippen molar-refractivity contribution in [2.75, 3.05) is 17.8 Å². The second-order valence-corrected chi connectivity index (χ2v) is 7.37. The zero-order chi connectivity index (χ0) is 19.6. The predicted molar refractivity (Wildman–Crippen MR) is 105 cm³/mol. The summed E-state index contributed by atoms with van der Waals surface area (Å²) in [5.41, 5.74) is 8.23. The summed E-state index contributed by atoms with van der Waals surface area (Å²) in [5.74, 6) is 5.67. The Balaban J connectivity index is 0.000000221. The smallest absolute Gasteiger partial charge is 0.241 e. The summed E-state index contributed by atoms with van der Waals surface area (Å²) >= 11 is 1.62. The maximum atomic E-state index is 11.5. The Morgan fingerprint density at radius 2 is 2.04 bits per heavy atom. The van der Waals surface area contributed by atoms with Gasteiger partial charge in [-0.2, -0.15) is 0 Å². The fourth-order valence-corrected chi connectivity index (χ4v) is 3.52. The van der Waals surface area contributed by atoms with Crippen molar-refractivity contribution in [3.63, 3.8) is 0 Å². The molecule has 1 aliphatic rings. The lowest BCUT2D eigenvalue weighted by Gasteiger charge is -2.30. The van der Waals surface area contributed by atoms with Crippen molar-refractivity contribution >= 4 is 33.1 Å². The van der Waals surface area contributed by atoms with Gasteiger partial charge in [0.05, 0.1) is 17.5 Å². The zero-order valence-electron chi connectivity index (χ0n) is 14.7. The Morgan fingerprint density at radius 1 is 1.30 bits per heavy atom. The number of halogens is 2. The second-order valence-electron chi connectivity index (χ2n) is 6.48. The fourth-order valence-electron chi connectivity index (χ4n) is 2.75. The van der Waals surface area contributed by atoms with Gasteiger partial charge < -0.3 is 10.8 Å². The molecule has 1 aliphatic carbocycles. The first-order valence-corrected chi connectivity index (χ1v) is 9.28. The van der Waals surface area contributed by atoms with Crippen LogP contribution in [0, 0.1) is 5.92 Å². The third-order valence-electron chi connectivity index (χ3n) is 4.35. The number of thiophene rings is 1. The van der Waals surface area contributed by atoms with Crippen LogP contribution in [-0.4, -0.2) is 34.7 Å². The van der Waals surface area contributed by atoms with E-state index in [-0.39, 0.29) is 12.8 Å². The Labute approximate surface area is 159 Å². The number of alkyl halides is 2. The van der Waals surface area contributed by atoms with Crippen molar-refractivity contribution in [2.24, 2.45) is 11.8 Å². The summed E-state index contributed by atoms with van der Waals surface area (Å²) in [7, 11) is 1.70. The number of hydrazine groups is 1. The normalized spacial score (nSPS) is 18.7. The van der Waals surface area contributed by atoms with Crippen LogP contribution < -0.4 is 16.6 Å². The Kier molecular flexibility index (Phi) is 5.83. The number of aliphatic hydroxyl groups excluding tert-OH is 1. The maximum absolute atomic E-state index is 11.5. The lowest BCUT2D eigenvalue weighted by molar-refractivity contribution is -0.0441. The first-order chi connectivity index (χ1) is 12.8. The highest BCUT2D eigenvalue weighted by molar-refractivity contribution is 7.16. The highest BCUT2D eigenvalue weighted by Gasteiger charge is 2.33. The Hall–Kier alpha value is -2.36. The molecule has 3 aromatic rings. The number of fused-ring (bicyclic) bond motifs is 1. The van der Waals surface area contributed by atoms with Crippen molar-refractivity contribution < 1.29 is 13.9 Å². The molecule has 0 unspecified atom stereocenters. The molecule has 3 aromatic heterocycles. The number of rotatable bonds is 3.